The van der Waals surface area contributed by atoms with Gasteiger partial charge in [-0.25, -0.2) is 13.6 Å². The highest BCUT2D eigenvalue weighted by atomic mass is 19.2. The fraction of sp³-hybridized carbons (Fsp3) is 0.350. The third-order valence-electron chi connectivity index (χ3n) is 4.74. The molecule has 1 aliphatic heterocycles. The van der Waals surface area contributed by atoms with E-state index in [-0.39, 0.29) is 12.1 Å². The second kappa shape index (κ2) is 8.81. The zero-order valence-electron chi connectivity index (χ0n) is 14.9. The highest BCUT2D eigenvalue weighted by Crippen LogP contribution is 2.23. The minimum absolute atomic E-state index is 0.0856. The average Bonchev–Trinajstić information content (AvgIpc) is 3.16. The van der Waals surface area contributed by atoms with Crippen LogP contribution in [0.4, 0.5) is 19.3 Å². The minimum Gasteiger partial charge on any atom is -0.387 e. The van der Waals surface area contributed by atoms with Crippen molar-refractivity contribution in [2.75, 3.05) is 31.1 Å². The molecule has 3 rings (SSSR count). The van der Waals surface area contributed by atoms with Crippen LogP contribution in [0.2, 0.25) is 0 Å². The summed E-state index contributed by atoms with van der Waals surface area (Å²) >= 11 is 0. The van der Waals surface area contributed by atoms with Crippen molar-refractivity contribution in [3.8, 4) is 0 Å². The summed E-state index contributed by atoms with van der Waals surface area (Å²) in [5.74, 6) is -1.65. The predicted molar refractivity (Wildman–Crippen MR) is 99.5 cm³/mol. The summed E-state index contributed by atoms with van der Waals surface area (Å²) in [6, 6.07) is 12.9. The summed E-state index contributed by atoms with van der Waals surface area (Å²) in [6.45, 7) is 2.28. The first kappa shape index (κ1) is 19.1. The Kier molecular flexibility index (Phi) is 6.24. The first-order valence-corrected chi connectivity index (χ1v) is 8.97. The van der Waals surface area contributed by atoms with Gasteiger partial charge in [0.25, 0.3) is 0 Å². The SMILES string of the molecule is O=C(NCC1CCN(c2ccccc2)C1)NCC(O)c1ccc(F)c(F)c1. The highest BCUT2D eigenvalue weighted by Gasteiger charge is 2.23. The van der Waals surface area contributed by atoms with Crippen molar-refractivity contribution >= 4 is 11.7 Å². The van der Waals surface area contributed by atoms with E-state index in [1.165, 1.54) is 11.8 Å². The first-order chi connectivity index (χ1) is 13.0. The molecule has 2 aromatic carbocycles. The van der Waals surface area contributed by atoms with Crippen molar-refractivity contribution in [2.24, 2.45) is 5.92 Å². The molecule has 0 bridgehead atoms. The molecular weight excluding hydrogens is 352 g/mol. The number of carbonyl (C=O) groups is 1. The Labute approximate surface area is 157 Å². The largest absolute Gasteiger partial charge is 0.387 e. The van der Waals surface area contributed by atoms with Gasteiger partial charge in [0.2, 0.25) is 0 Å². The zero-order valence-corrected chi connectivity index (χ0v) is 14.9. The molecule has 0 aliphatic carbocycles. The summed E-state index contributed by atoms with van der Waals surface area (Å²) in [5, 5.41) is 15.3. The van der Waals surface area contributed by atoms with E-state index in [2.05, 4.69) is 27.7 Å². The van der Waals surface area contributed by atoms with Crippen LogP contribution < -0.4 is 15.5 Å². The van der Waals surface area contributed by atoms with Crippen LogP contribution in [0, 0.1) is 17.6 Å². The second-order valence-corrected chi connectivity index (χ2v) is 6.72. The van der Waals surface area contributed by atoms with E-state index in [0.29, 0.717) is 12.5 Å². The molecule has 2 aromatic rings. The third-order valence-corrected chi connectivity index (χ3v) is 4.74. The van der Waals surface area contributed by atoms with Gasteiger partial charge in [0.15, 0.2) is 11.6 Å². The number of hydrogen-bond acceptors (Lipinski definition) is 3. The molecule has 1 heterocycles. The van der Waals surface area contributed by atoms with Gasteiger partial charge >= 0.3 is 6.03 Å². The molecule has 1 aliphatic rings. The van der Waals surface area contributed by atoms with E-state index in [1.54, 1.807) is 0 Å². The summed E-state index contributed by atoms with van der Waals surface area (Å²) in [7, 11) is 0. The Hall–Kier alpha value is -2.67. The molecule has 7 heteroatoms. The molecule has 0 aromatic heterocycles. The fourth-order valence-electron chi connectivity index (χ4n) is 3.20. The monoisotopic (exact) mass is 375 g/mol. The smallest absolute Gasteiger partial charge is 0.314 e. The van der Waals surface area contributed by atoms with Gasteiger partial charge in [-0.3, -0.25) is 0 Å². The molecule has 2 atom stereocenters. The predicted octanol–water partition coefficient (Wildman–Crippen LogP) is 2.82. The van der Waals surface area contributed by atoms with Gasteiger partial charge in [-0.1, -0.05) is 24.3 Å². The quantitative estimate of drug-likeness (QED) is 0.728. The van der Waals surface area contributed by atoms with Crippen molar-refractivity contribution in [2.45, 2.75) is 12.5 Å². The Morgan fingerprint density at radius 2 is 1.93 bits per heavy atom. The van der Waals surface area contributed by atoms with E-state index in [1.807, 2.05) is 18.2 Å². The maximum absolute atomic E-state index is 13.2. The number of benzene rings is 2. The lowest BCUT2D eigenvalue weighted by atomic mass is 10.1. The maximum Gasteiger partial charge on any atom is 0.314 e. The number of carbonyl (C=O) groups excluding carboxylic acids is 1. The molecule has 1 fully saturated rings. The van der Waals surface area contributed by atoms with E-state index in [0.717, 1.165) is 31.6 Å². The molecule has 0 spiro atoms. The van der Waals surface area contributed by atoms with Gasteiger partial charge in [-0.2, -0.15) is 0 Å². The molecule has 5 nitrogen and oxygen atoms in total. The maximum atomic E-state index is 13.2. The number of nitrogens with one attached hydrogen (secondary N) is 2. The fourth-order valence-corrected chi connectivity index (χ4v) is 3.20. The van der Waals surface area contributed by atoms with Crippen LogP contribution in [-0.4, -0.2) is 37.3 Å². The average molecular weight is 375 g/mol. The van der Waals surface area contributed by atoms with E-state index < -0.39 is 23.8 Å². The minimum atomic E-state index is -1.11. The molecular formula is C20H23F2N3O2. The molecule has 144 valence electrons. The number of aliphatic hydroxyl groups excluding tert-OH is 1. The van der Waals surface area contributed by atoms with Crippen LogP contribution >= 0.6 is 0 Å². The van der Waals surface area contributed by atoms with Crippen LogP contribution in [0.25, 0.3) is 0 Å². The first-order valence-electron chi connectivity index (χ1n) is 8.97. The molecule has 3 N–H and O–H groups in total. The highest BCUT2D eigenvalue weighted by molar-refractivity contribution is 5.73. The van der Waals surface area contributed by atoms with E-state index in [9.17, 15) is 18.7 Å². The van der Waals surface area contributed by atoms with Gasteiger partial charge in [0.1, 0.15) is 0 Å². The van der Waals surface area contributed by atoms with Crippen molar-refractivity contribution in [1.29, 1.82) is 0 Å². The number of para-hydroxylation sites is 1. The van der Waals surface area contributed by atoms with E-state index in [4.69, 9.17) is 0 Å². The molecule has 1 saturated heterocycles. The number of nitrogens with zero attached hydrogens (tertiary/aromatic N) is 1. The van der Waals surface area contributed by atoms with Gasteiger partial charge in [0, 0.05) is 31.9 Å². The number of hydrogen-bond donors (Lipinski definition) is 3. The Balaban J connectivity index is 1.39. The Morgan fingerprint density at radius 1 is 1.15 bits per heavy atom. The standard InChI is InChI=1S/C20H23F2N3O2/c21-17-7-6-15(10-18(17)22)19(26)12-24-20(27)23-11-14-8-9-25(13-14)16-4-2-1-3-5-16/h1-7,10,14,19,26H,8-9,11-13H2,(H2,23,24,27). The summed E-state index contributed by atoms with van der Waals surface area (Å²) in [6.07, 6.45) is -0.113. The van der Waals surface area contributed by atoms with Gasteiger partial charge < -0.3 is 20.6 Å². The van der Waals surface area contributed by atoms with Crippen molar-refractivity contribution in [3.05, 3.63) is 65.7 Å². The van der Waals surface area contributed by atoms with Crippen LogP contribution in [0.15, 0.2) is 48.5 Å². The van der Waals surface area contributed by atoms with Gasteiger partial charge in [-0.05, 0) is 42.2 Å². The topological polar surface area (TPSA) is 64.6 Å². The molecule has 0 radical (unpaired) electrons. The number of amides is 2. The lowest BCUT2D eigenvalue weighted by Gasteiger charge is -2.19. The summed E-state index contributed by atoms with van der Waals surface area (Å²) < 4.78 is 26.1. The summed E-state index contributed by atoms with van der Waals surface area (Å²) in [4.78, 5) is 14.2. The van der Waals surface area contributed by atoms with Crippen LogP contribution in [0.1, 0.15) is 18.1 Å². The van der Waals surface area contributed by atoms with Crippen LogP contribution in [0.5, 0.6) is 0 Å². The zero-order chi connectivity index (χ0) is 19.2. The molecule has 2 unspecified atom stereocenters. The number of aliphatic hydroxyl groups is 1. The number of halogens is 2. The number of rotatable bonds is 6. The third kappa shape index (κ3) is 5.17. The van der Waals surface area contributed by atoms with Gasteiger partial charge in [0.05, 0.1) is 6.10 Å². The van der Waals surface area contributed by atoms with Crippen molar-refractivity contribution in [1.82, 2.24) is 10.6 Å². The summed E-state index contributed by atoms with van der Waals surface area (Å²) in [5.41, 5.74) is 1.39. The number of anilines is 1. The van der Waals surface area contributed by atoms with Crippen molar-refractivity contribution in [3.63, 3.8) is 0 Å². The van der Waals surface area contributed by atoms with Crippen molar-refractivity contribution < 1.29 is 18.7 Å². The Bertz CT molecular complexity index is 773. The molecule has 0 saturated carbocycles. The number of urea groups is 1. The second-order valence-electron chi connectivity index (χ2n) is 6.72. The van der Waals surface area contributed by atoms with Crippen LogP contribution in [-0.2, 0) is 0 Å². The van der Waals surface area contributed by atoms with E-state index >= 15 is 0 Å². The normalized spacial score (nSPS) is 17.6. The lowest BCUT2D eigenvalue weighted by Crippen LogP contribution is -2.40. The lowest BCUT2D eigenvalue weighted by molar-refractivity contribution is 0.172. The van der Waals surface area contributed by atoms with Crippen LogP contribution in [0.3, 0.4) is 0 Å². The molecule has 2 amide bonds. The molecule has 27 heavy (non-hydrogen) atoms. The Morgan fingerprint density at radius 3 is 2.67 bits per heavy atom. The van der Waals surface area contributed by atoms with Gasteiger partial charge in [-0.15, -0.1) is 0 Å².